The summed E-state index contributed by atoms with van der Waals surface area (Å²) in [6.07, 6.45) is 6.49. The predicted octanol–water partition coefficient (Wildman–Crippen LogP) is 3.14. The second-order valence-electron chi connectivity index (χ2n) is 8.62. The fraction of sp³-hybridized carbons (Fsp3) is 0. The van der Waals surface area contributed by atoms with E-state index in [1.165, 1.54) is 12.1 Å². The molecule has 6 aromatic rings. The molecule has 0 aromatic carbocycles. The molecule has 0 saturated heterocycles. The molecule has 6 heterocycles. The number of hydrogen-bond donors (Lipinski definition) is 0. The number of pyridine rings is 6. The Labute approximate surface area is 259 Å². The fourth-order valence-electron chi connectivity index (χ4n) is 3.96. The van der Waals surface area contributed by atoms with E-state index in [1.54, 1.807) is 85.5 Å². The van der Waals surface area contributed by atoms with Crippen LogP contribution in [0.1, 0.15) is 20.7 Å². The summed E-state index contributed by atoms with van der Waals surface area (Å²) in [5.41, 5.74) is 4.03. The van der Waals surface area contributed by atoms with Crippen LogP contribution < -0.4 is 10.2 Å². The molecule has 0 unspecified atom stereocenters. The molecule has 0 spiro atoms. The van der Waals surface area contributed by atoms with Crippen LogP contribution >= 0.6 is 0 Å². The fourth-order valence-corrected chi connectivity index (χ4v) is 3.96. The molecule has 210 valence electrons. The van der Waals surface area contributed by atoms with Crippen LogP contribution in [0.3, 0.4) is 0 Å². The molecule has 0 fully saturated rings. The number of carboxylic acids is 2. The van der Waals surface area contributed by atoms with E-state index in [0.717, 1.165) is 0 Å². The zero-order chi connectivity index (χ0) is 29.3. The molecule has 0 aliphatic heterocycles. The van der Waals surface area contributed by atoms with Crippen molar-refractivity contribution in [3.05, 3.63) is 133 Å². The van der Waals surface area contributed by atoms with Gasteiger partial charge in [0.15, 0.2) is 0 Å². The van der Waals surface area contributed by atoms with Crippen molar-refractivity contribution in [3.63, 3.8) is 0 Å². The van der Waals surface area contributed by atoms with Crippen molar-refractivity contribution in [1.29, 1.82) is 0 Å². The quantitative estimate of drug-likeness (QED) is 0.245. The van der Waals surface area contributed by atoms with Crippen LogP contribution in [0.2, 0.25) is 0 Å². The van der Waals surface area contributed by atoms with Gasteiger partial charge in [-0.2, -0.15) is 0 Å². The first-order valence-electron chi connectivity index (χ1n) is 12.6. The molecule has 0 radical (unpaired) electrons. The monoisotopic (exact) mass is 654 g/mol. The van der Waals surface area contributed by atoms with E-state index >= 15 is 0 Å². The van der Waals surface area contributed by atoms with Crippen molar-refractivity contribution in [2.45, 2.75) is 0 Å². The van der Waals surface area contributed by atoms with Crippen molar-refractivity contribution in [1.82, 2.24) is 29.9 Å². The summed E-state index contributed by atoms with van der Waals surface area (Å²) in [6.45, 7) is 0. The van der Waals surface area contributed by atoms with Crippen LogP contribution in [-0.4, -0.2) is 41.8 Å². The van der Waals surface area contributed by atoms with Gasteiger partial charge in [-0.15, -0.1) is 0 Å². The van der Waals surface area contributed by atoms with Crippen molar-refractivity contribution >= 4 is 11.9 Å². The topological polar surface area (TPSA) is 158 Å². The molecule has 10 nitrogen and oxygen atoms in total. The zero-order valence-electron chi connectivity index (χ0n) is 22.2. The summed E-state index contributed by atoms with van der Waals surface area (Å²) >= 11 is 0. The maximum Gasteiger partial charge on any atom is 2.00 e. The SMILES string of the molecule is O=C([O-])c1ccc(-c2ccccn2)nc1-c1ccccn1.O=C([O-])c1ccc(-c2ccccn2)nc1-c1ccccn1.[Ru+2]. The third-order valence-corrected chi connectivity index (χ3v) is 5.90. The average molecular weight is 654 g/mol. The van der Waals surface area contributed by atoms with Gasteiger partial charge in [-0.25, -0.2) is 9.97 Å². The summed E-state index contributed by atoms with van der Waals surface area (Å²) < 4.78 is 0. The van der Waals surface area contributed by atoms with E-state index in [-0.39, 0.29) is 42.0 Å². The van der Waals surface area contributed by atoms with Crippen LogP contribution in [0.5, 0.6) is 0 Å². The van der Waals surface area contributed by atoms with Gasteiger partial charge in [0.25, 0.3) is 0 Å². The summed E-state index contributed by atoms with van der Waals surface area (Å²) in [7, 11) is 0. The van der Waals surface area contributed by atoms with E-state index < -0.39 is 11.9 Å². The first kappa shape index (κ1) is 30.4. The van der Waals surface area contributed by atoms with Crippen molar-refractivity contribution < 1.29 is 39.3 Å². The number of aromatic nitrogens is 6. The Balaban J connectivity index is 0.000000192. The smallest absolute Gasteiger partial charge is 0.545 e. The molecule has 0 N–H and O–H groups in total. The minimum atomic E-state index is -1.28. The molecular formula is C32H20N6O4Ru. The van der Waals surface area contributed by atoms with Gasteiger partial charge in [-0.3, -0.25) is 19.9 Å². The number of carboxylic acid groups (broad SMARTS) is 2. The van der Waals surface area contributed by atoms with E-state index in [1.807, 2.05) is 24.3 Å². The number of hydrogen-bond acceptors (Lipinski definition) is 10. The van der Waals surface area contributed by atoms with Gasteiger partial charge in [0.2, 0.25) is 0 Å². The van der Waals surface area contributed by atoms with Crippen molar-refractivity contribution in [2.24, 2.45) is 0 Å². The van der Waals surface area contributed by atoms with Crippen LogP contribution in [0.15, 0.2) is 122 Å². The Kier molecular flexibility index (Phi) is 10.2. The Bertz CT molecular complexity index is 1690. The molecule has 43 heavy (non-hydrogen) atoms. The second kappa shape index (κ2) is 14.4. The normalized spacial score (nSPS) is 10.0. The third kappa shape index (κ3) is 7.41. The molecule has 0 atom stereocenters. The summed E-state index contributed by atoms with van der Waals surface area (Å²) in [5, 5.41) is 22.5. The molecule has 6 rings (SSSR count). The first-order chi connectivity index (χ1) is 20.5. The number of nitrogens with zero attached hydrogens (tertiary/aromatic N) is 6. The van der Waals surface area contributed by atoms with Crippen molar-refractivity contribution in [3.8, 4) is 45.6 Å². The standard InChI is InChI=1S/2C16H11N3O2.Ru/c2*20-16(21)11-7-8-13(12-5-1-3-9-17-12)19-15(11)14-6-2-4-10-18-14;/h2*1-10H,(H,20,21);/q;;+2/p-2. The number of carbonyl (C=O) groups excluding carboxylic acids is 2. The first-order valence-corrected chi connectivity index (χ1v) is 12.6. The minimum Gasteiger partial charge on any atom is -0.545 e. The third-order valence-electron chi connectivity index (χ3n) is 5.90. The molecule has 0 bridgehead atoms. The van der Waals surface area contributed by atoms with Crippen LogP contribution in [0.25, 0.3) is 45.6 Å². The van der Waals surface area contributed by atoms with E-state index in [4.69, 9.17) is 0 Å². The Morgan fingerprint density at radius 3 is 1.02 bits per heavy atom. The minimum absolute atomic E-state index is 0. The molecule has 11 heteroatoms. The molecule has 0 saturated carbocycles. The van der Waals surface area contributed by atoms with E-state index in [2.05, 4.69) is 29.9 Å². The zero-order valence-corrected chi connectivity index (χ0v) is 24.0. The number of rotatable bonds is 6. The number of aromatic carboxylic acids is 2. The van der Waals surface area contributed by atoms with Gasteiger partial charge < -0.3 is 19.8 Å². The van der Waals surface area contributed by atoms with Gasteiger partial charge in [0.1, 0.15) is 0 Å². The predicted molar refractivity (Wildman–Crippen MR) is 150 cm³/mol. The molecule has 0 aliphatic carbocycles. The molecule has 0 aliphatic rings. The van der Waals surface area contributed by atoms with E-state index in [9.17, 15) is 19.8 Å². The molecular weight excluding hydrogens is 633 g/mol. The largest absolute Gasteiger partial charge is 2.00 e. The van der Waals surface area contributed by atoms with Gasteiger partial charge in [-0.05, 0) is 72.8 Å². The van der Waals surface area contributed by atoms with Crippen LogP contribution in [0, 0.1) is 0 Å². The van der Waals surface area contributed by atoms with Crippen LogP contribution in [-0.2, 0) is 19.5 Å². The maximum atomic E-state index is 11.2. The summed E-state index contributed by atoms with van der Waals surface area (Å²) in [4.78, 5) is 48.0. The van der Waals surface area contributed by atoms with Crippen molar-refractivity contribution in [2.75, 3.05) is 0 Å². The number of carbonyl (C=O) groups is 2. The Morgan fingerprint density at radius 2 is 0.744 bits per heavy atom. The second-order valence-corrected chi connectivity index (χ2v) is 8.62. The Morgan fingerprint density at radius 1 is 0.419 bits per heavy atom. The van der Waals surface area contributed by atoms with Gasteiger partial charge in [0, 0.05) is 35.9 Å². The summed E-state index contributed by atoms with van der Waals surface area (Å²) in [6, 6.07) is 27.5. The Hall–Kier alpha value is -5.54. The van der Waals surface area contributed by atoms with Gasteiger partial charge >= 0.3 is 19.5 Å². The van der Waals surface area contributed by atoms with Crippen LogP contribution in [0.4, 0.5) is 0 Å². The molecule has 0 amide bonds. The average Bonchev–Trinajstić information content (AvgIpc) is 3.06. The maximum absolute atomic E-state index is 11.2. The van der Waals surface area contributed by atoms with Gasteiger partial charge in [-0.1, -0.05) is 24.3 Å². The van der Waals surface area contributed by atoms with Gasteiger partial charge in [0.05, 0.1) is 57.5 Å². The summed E-state index contributed by atoms with van der Waals surface area (Å²) in [5.74, 6) is -2.56. The van der Waals surface area contributed by atoms with E-state index in [0.29, 0.717) is 34.2 Å². The molecule has 6 aromatic heterocycles.